The molecule has 0 spiro atoms. The molecule has 3 rings (SSSR count). The fourth-order valence-corrected chi connectivity index (χ4v) is 2.52. The van der Waals surface area contributed by atoms with E-state index >= 15 is 0 Å². The van der Waals surface area contributed by atoms with E-state index in [1.54, 1.807) is 31.2 Å². The summed E-state index contributed by atoms with van der Waals surface area (Å²) >= 11 is 0. The van der Waals surface area contributed by atoms with Crippen molar-refractivity contribution in [3.8, 4) is 11.8 Å². The number of hydrogen-bond acceptors (Lipinski definition) is 6. The van der Waals surface area contributed by atoms with E-state index < -0.39 is 18.1 Å². The van der Waals surface area contributed by atoms with Gasteiger partial charge < -0.3 is 10.1 Å². The Morgan fingerprint density at radius 3 is 2.75 bits per heavy atom. The zero-order chi connectivity index (χ0) is 20.3. The predicted octanol–water partition coefficient (Wildman–Crippen LogP) is 3.74. The summed E-state index contributed by atoms with van der Waals surface area (Å²) in [5.41, 5.74) is 1.33. The summed E-state index contributed by atoms with van der Waals surface area (Å²) in [5, 5.41) is 15.6. The highest BCUT2D eigenvalue weighted by atomic mass is 19.4. The number of anilines is 1. The Balaban J connectivity index is 1.82. The Labute approximate surface area is 158 Å². The molecule has 3 aromatic rings. The number of benzene rings is 1. The summed E-state index contributed by atoms with van der Waals surface area (Å²) in [7, 11) is 0. The molecule has 2 aromatic heterocycles. The summed E-state index contributed by atoms with van der Waals surface area (Å²) in [4.78, 5) is 7.44. The molecule has 0 bridgehead atoms. The van der Waals surface area contributed by atoms with E-state index in [4.69, 9.17) is 10.00 Å². The molecule has 0 aliphatic heterocycles. The minimum atomic E-state index is -4.65. The molecule has 146 valence electrons. The maximum atomic E-state index is 12.9. The van der Waals surface area contributed by atoms with Crippen molar-refractivity contribution in [2.75, 3.05) is 5.32 Å². The summed E-state index contributed by atoms with van der Waals surface area (Å²) in [6.45, 7) is 3.82. The highest BCUT2D eigenvalue weighted by Crippen LogP contribution is 2.27. The van der Waals surface area contributed by atoms with Gasteiger partial charge in [0.1, 0.15) is 17.6 Å². The summed E-state index contributed by atoms with van der Waals surface area (Å²) < 4.78 is 45.3. The summed E-state index contributed by atoms with van der Waals surface area (Å²) in [6, 6.07) is 10.8. The van der Waals surface area contributed by atoms with E-state index in [1.807, 2.05) is 13.0 Å². The average Bonchev–Trinajstić information content (AvgIpc) is 3.09. The average molecular weight is 390 g/mol. The Morgan fingerprint density at radius 2 is 2.07 bits per heavy atom. The van der Waals surface area contributed by atoms with E-state index in [1.165, 1.54) is 0 Å². The Bertz CT molecular complexity index is 1020. The molecule has 2 heterocycles. The number of hydrogen-bond donors (Lipinski definition) is 1. The van der Waals surface area contributed by atoms with E-state index in [-0.39, 0.29) is 5.78 Å². The van der Waals surface area contributed by atoms with Gasteiger partial charge >= 0.3 is 6.18 Å². The van der Waals surface area contributed by atoms with Crippen LogP contribution in [0.25, 0.3) is 5.78 Å². The van der Waals surface area contributed by atoms with E-state index in [2.05, 4.69) is 26.5 Å². The van der Waals surface area contributed by atoms with Crippen LogP contribution in [0.5, 0.6) is 5.75 Å². The van der Waals surface area contributed by atoms with E-state index in [9.17, 15) is 13.2 Å². The van der Waals surface area contributed by atoms with Gasteiger partial charge in [-0.3, -0.25) is 0 Å². The van der Waals surface area contributed by atoms with Crippen molar-refractivity contribution in [2.24, 2.45) is 0 Å². The molecule has 10 heteroatoms. The molecule has 0 radical (unpaired) electrons. The highest BCUT2D eigenvalue weighted by molar-refractivity contribution is 5.46. The fourth-order valence-electron chi connectivity index (χ4n) is 2.52. The molecule has 0 aliphatic carbocycles. The van der Waals surface area contributed by atoms with Gasteiger partial charge in [0.15, 0.2) is 6.10 Å². The quantitative estimate of drug-likeness (QED) is 0.690. The molecule has 0 saturated heterocycles. The SMILES string of the molecule is CCC(C#N)Oc1cccc(CNc2cc(C)nc3nc(C(F)(F)F)nn23)c1. The van der Waals surface area contributed by atoms with Crippen LogP contribution in [0.2, 0.25) is 0 Å². The second-order valence-corrected chi connectivity index (χ2v) is 6.07. The van der Waals surface area contributed by atoms with E-state index in [0.29, 0.717) is 30.2 Å². The van der Waals surface area contributed by atoms with Gasteiger partial charge in [-0.2, -0.15) is 27.9 Å². The molecule has 0 amide bonds. The van der Waals surface area contributed by atoms with Crippen LogP contribution >= 0.6 is 0 Å². The summed E-state index contributed by atoms with van der Waals surface area (Å²) in [5.74, 6) is -0.498. The molecular formula is C18H17F3N6O. The third-order valence-corrected chi connectivity index (χ3v) is 3.86. The predicted molar refractivity (Wildman–Crippen MR) is 94.6 cm³/mol. The third-order valence-electron chi connectivity index (χ3n) is 3.86. The number of halogens is 3. The van der Waals surface area contributed by atoms with Gasteiger partial charge in [0.2, 0.25) is 0 Å². The zero-order valence-corrected chi connectivity index (χ0v) is 15.2. The van der Waals surface area contributed by atoms with Gasteiger partial charge in [-0.25, -0.2) is 4.98 Å². The van der Waals surface area contributed by atoms with Gasteiger partial charge in [-0.1, -0.05) is 19.1 Å². The molecule has 0 saturated carbocycles. The number of alkyl halides is 3. The topological polar surface area (TPSA) is 88.1 Å². The van der Waals surface area contributed by atoms with Crippen molar-refractivity contribution in [2.45, 2.75) is 39.1 Å². The number of nitriles is 1. The molecule has 1 unspecified atom stereocenters. The standard InChI is InChI=1S/C18H17F3N6O/c1-3-13(9-22)28-14-6-4-5-12(8-14)10-23-15-7-11(2)24-17-25-16(18(19,20)21)26-27(15)17/h4-8,13,23H,3,10H2,1-2H3. The zero-order valence-electron chi connectivity index (χ0n) is 15.2. The number of aryl methyl sites for hydroxylation is 1. The number of nitrogens with zero attached hydrogens (tertiary/aromatic N) is 5. The number of ether oxygens (including phenoxy) is 1. The lowest BCUT2D eigenvalue weighted by Gasteiger charge is -2.12. The van der Waals surface area contributed by atoms with Crippen LogP contribution < -0.4 is 10.1 Å². The minimum Gasteiger partial charge on any atom is -0.476 e. The van der Waals surface area contributed by atoms with Crippen molar-refractivity contribution >= 4 is 11.6 Å². The van der Waals surface area contributed by atoms with Crippen LogP contribution in [0.15, 0.2) is 30.3 Å². The smallest absolute Gasteiger partial charge is 0.453 e. The molecular weight excluding hydrogens is 373 g/mol. The number of fused-ring (bicyclic) bond motifs is 1. The second kappa shape index (κ2) is 7.72. The molecule has 28 heavy (non-hydrogen) atoms. The molecule has 1 N–H and O–H groups in total. The molecule has 0 fully saturated rings. The highest BCUT2D eigenvalue weighted by Gasteiger charge is 2.36. The van der Waals surface area contributed by atoms with Crippen LogP contribution in [-0.4, -0.2) is 25.7 Å². The Hall–Kier alpha value is -3.35. The van der Waals surface area contributed by atoms with Crippen molar-refractivity contribution in [3.63, 3.8) is 0 Å². The van der Waals surface area contributed by atoms with Crippen LogP contribution in [0, 0.1) is 18.3 Å². The van der Waals surface area contributed by atoms with Crippen molar-refractivity contribution < 1.29 is 17.9 Å². The lowest BCUT2D eigenvalue weighted by atomic mass is 10.2. The number of rotatable bonds is 6. The Morgan fingerprint density at radius 1 is 1.29 bits per heavy atom. The first-order valence-electron chi connectivity index (χ1n) is 8.51. The minimum absolute atomic E-state index is 0.133. The number of nitrogens with one attached hydrogen (secondary N) is 1. The fraction of sp³-hybridized carbons (Fsp3) is 0.333. The molecule has 1 atom stereocenters. The maximum absolute atomic E-state index is 12.9. The first-order chi connectivity index (χ1) is 13.3. The van der Waals surface area contributed by atoms with Crippen LogP contribution in [-0.2, 0) is 12.7 Å². The van der Waals surface area contributed by atoms with Gasteiger partial charge in [0.25, 0.3) is 11.6 Å². The molecule has 0 aliphatic rings. The monoisotopic (exact) mass is 390 g/mol. The van der Waals surface area contributed by atoms with Crippen LogP contribution in [0.1, 0.15) is 30.4 Å². The second-order valence-electron chi connectivity index (χ2n) is 6.07. The van der Waals surface area contributed by atoms with Gasteiger partial charge in [-0.05, 0) is 31.0 Å². The molecule has 7 nitrogen and oxygen atoms in total. The lowest BCUT2D eigenvalue weighted by Crippen LogP contribution is -2.12. The normalized spacial score (nSPS) is 12.6. The largest absolute Gasteiger partial charge is 0.476 e. The lowest BCUT2D eigenvalue weighted by molar-refractivity contribution is -0.144. The van der Waals surface area contributed by atoms with Gasteiger partial charge in [-0.15, -0.1) is 5.10 Å². The molecule has 1 aromatic carbocycles. The van der Waals surface area contributed by atoms with Crippen molar-refractivity contribution in [1.29, 1.82) is 5.26 Å². The first kappa shape index (κ1) is 19.4. The third kappa shape index (κ3) is 4.31. The van der Waals surface area contributed by atoms with Gasteiger partial charge in [0.05, 0.1) is 0 Å². The van der Waals surface area contributed by atoms with Crippen molar-refractivity contribution in [3.05, 3.63) is 47.4 Å². The Kier molecular flexibility index (Phi) is 5.35. The van der Waals surface area contributed by atoms with Gasteiger partial charge in [0, 0.05) is 18.3 Å². The number of aromatic nitrogens is 4. The van der Waals surface area contributed by atoms with Crippen LogP contribution in [0.3, 0.4) is 0 Å². The van der Waals surface area contributed by atoms with Crippen LogP contribution in [0.4, 0.5) is 19.0 Å². The van der Waals surface area contributed by atoms with E-state index in [0.717, 1.165) is 10.1 Å². The van der Waals surface area contributed by atoms with Crippen molar-refractivity contribution in [1.82, 2.24) is 19.6 Å². The maximum Gasteiger partial charge on any atom is 0.453 e. The first-order valence-corrected chi connectivity index (χ1v) is 8.51. The summed E-state index contributed by atoms with van der Waals surface area (Å²) in [6.07, 6.45) is -4.64.